The molecule has 2 saturated heterocycles. The Morgan fingerprint density at radius 2 is 1.74 bits per heavy atom. The number of fused-ring (bicyclic) bond motifs is 1. The maximum absolute atomic E-state index is 13.5. The Hall–Kier alpha value is -2.41. The monoisotopic (exact) mass is 388 g/mol. The molecule has 0 aromatic heterocycles. The molecular formula is C20H21FN2O3S. The molecule has 27 heavy (non-hydrogen) atoms. The Morgan fingerprint density at radius 1 is 1.04 bits per heavy atom. The number of rotatable bonds is 4. The summed E-state index contributed by atoms with van der Waals surface area (Å²) in [5.41, 5.74) is 2.50. The molecule has 2 aromatic carbocycles. The Bertz CT molecular complexity index is 975. The summed E-state index contributed by atoms with van der Waals surface area (Å²) in [4.78, 5) is 16.3. The van der Waals surface area contributed by atoms with E-state index in [-0.39, 0.29) is 29.9 Å². The van der Waals surface area contributed by atoms with Crippen molar-refractivity contribution in [3.63, 3.8) is 0 Å². The number of aryl methyl sites for hydroxylation is 1. The number of hydrogen-bond acceptors (Lipinski definition) is 3. The van der Waals surface area contributed by atoms with Crippen LogP contribution in [0.1, 0.15) is 18.1 Å². The smallest absolute Gasteiger partial charge is 0.314 e. The third-order valence-electron chi connectivity index (χ3n) is 5.34. The molecule has 0 radical (unpaired) electrons. The van der Waals surface area contributed by atoms with Crippen molar-refractivity contribution in [2.75, 3.05) is 16.4 Å². The number of carbonyl (C=O) groups is 1. The predicted molar refractivity (Wildman–Crippen MR) is 102 cm³/mol. The molecule has 2 unspecified atom stereocenters. The normalized spacial score (nSPS) is 23.7. The summed E-state index contributed by atoms with van der Waals surface area (Å²) in [5, 5.41) is 0. The fraction of sp³-hybridized carbons (Fsp3) is 0.350. The summed E-state index contributed by atoms with van der Waals surface area (Å²) in [6.45, 7) is 2.24. The van der Waals surface area contributed by atoms with Crippen LogP contribution in [0.4, 0.5) is 14.9 Å². The van der Waals surface area contributed by atoms with Crippen molar-refractivity contribution in [3.8, 4) is 0 Å². The van der Waals surface area contributed by atoms with E-state index in [2.05, 4.69) is 6.92 Å². The average Bonchev–Trinajstić information content (AvgIpc) is 3.06. The number of halogens is 1. The Labute approximate surface area is 158 Å². The second kappa shape index (κ2) is 6.64. The van der Waals surface area contributed by atoms with Crippen LogP contribution in [-0.4, -0.2) is 42.9 Å². The minimum atomic E-state index is -3.23. The first-order valence-corrected chi connectivity index (χ1v) is 10.8. The zero-order valence-corrected chi connectivity index (χ0v) is 15.8. The van der Waals surface area contributed by atoms with E-state index in [0.717, 1.165) is 12.0 Å². The summed E-state index contributed by atoms with van der Waals surface area (Å²) in [6.07, 6.45) is 0.889. The van der Waals surface area contributed by atoms with Crippen molar-refractivity contribution in [2.24, 2.45) is 0 Å². The fourth-order valence-electron chi connectivity index (χ4n) is 3.99. The lowest BCUT2D eigenvalue weighted by atomic mass is 10.1. The van der Waals surface area contributed by atoms with Crippen molar-refractivity contribution in [2.45, 2.75) is 32.0 Å². The summed E-state index contributed by atoms with van der Waals surface area (Å²) < 4.78 is 38.0. The van der Waals surface area contributed by atoms with Gasteiger partial charge in [0.2, 0.25) is 0 Å². The molecule has 2 heterocycles. The van der Waals surface area contributed by atoms with Crippen LogP contribution < -0.4 is 4.90 Å². The van der Waals surface area contributed by atoms with Gasteiger partial charge in [-0.15, -0.1) is 0 Å². The Kier molecular flexibility index (Phi) is 4.42. The average molecular weight is 388 g/mol. The van der Waals surface area contributed by atoms with Gasteiger partial charge >= 0.3 is 6.03 Å². The SMILES string of the molecule is CCc1ccc(N2C(=O)N(Cc3cccc(F)c3)C3CS(=O)(=O)CC32)cc1. The van der Waals surface area contributed by atoms with Gasteiger partial charge in [-0.25, -0.2) is 17.6 Å². The topological polar surface area (TPSA) is 57.7 Å². The molecule has 2 atom stereocenters. The fourth-order valence-corrected chi connectivity index (χ4v) is 5.94. The summed E-state index contributed by atoms with van der Waals surface area (Å²) >= 11 is 0. The van der Waals surface area contributed by atoms with Gasteiger partial charge in [0, 0.05) is 12.2 Å². The highest BCUT2D eigenvalue weighted by molar-refractivity contribution is 7.91. The molecule has 2 fully saturated rings. The van der Waals surface area contributed by atoms with Crippen molar-refractivity contribution >= 4 is 21.6 Å². The molecule has 0 saturated carbocycles. The van der Waals surface area contributed by atoms with Gasteiger partial charge in [-0.2, -0.15) is 0 Å². The van der Waals surface area contributed by atoms with Crippen molar-refractivity contribution in [1.82, 2.24) is 4.90 Å². The predicted octanol–water partition coefficient (Wildman–Crippen LogP) is 3.00. The van der Waals surface area contributed by atoms with Crippen LogP contribution in [0.2, 0.25) is 0 Å². The van der Waals surface area contributed by atoms with E-state index in [0.29, 0.717) is 11.3 Å². The van der Waals surface area contributed by atoms with Crippen LogP contribution in [0.5, 0.6) is 0 Å². The quantitative estimate of drug-likeness (QED) is 0.757. The van der Waals surface area contributed by atoms with Gasteiger partial charge in [-0.05, 0) is 41.8 Å². The maximum atomic E-state index is 13.5. The Morgan fingerprint density at radius 3 is 2.41 bits per heavy atom. The number of urea groups is 1. The van der Waals surface area contributed by atoms with Crippen LogP contribution in [-0.2, 0) is 22.8 Å². The van der Waals surface area contributed by atoms with Crippen LogP contribution in [0, 0.1) is 5.82 Å². The van der Waals surface area contributed by atoms with E-state index in [1.165, 1.54) is 12.1 Å². The lowest BCUT2D eigenvalue weighted by Crippen LogP contribution is -2.37. The number of benzene rings is 2. The van der Waals surface area contributed by atoms with E-state index in [1.54, 1.807) is 21.9 Å². The molecule has 0 bridgehead atoms. The summed E-state index contributed by atoms with van der Waals surface area (Å²) in [6, 6.07) is 12.6. The molecule has 7 heteroatoms. The molecule has 4 rings (SSSR count). The van der Waals surface area contributed by atoms with Gasteiger partial charge in [0.25, 0.3) is 0 Å². The van der Waals surface area contributed by atoms with Gasteiger partial charge in [0.1, 0.15) is 5.82 Å². The molecule has 2 aliphatic heterocycles. The molecule has 0 aliphatic carbocycles. The minimum absolute atomic E-state index is 0.0431. The first-order valence-electron chi connectivity index (χ1n) is 9.01. The molecule has 0 spiro atoms. The lowest BCUT2D eigenvalue weighted by molar-refractivity contribution is 0.206. The summed E-state index contributed by atoms with van der Waals surface area (Å²) in [5.74, 6) is -0.470. The van der Waals surface area contributed by atoms with E-state index in [9.17, 15) is 17.6 Å². The second-order valence-electron chi connectivity index (χ2n) is 7.14. The lowest BCUT2D eigenvalue weighted by Gasteiger charge is -2.23. The highest BCUT2D eigenvalue weighted by atomic mass is 32.2. The van der Waals surface area contributed by atoms with Gasteiger partial charge in [0.15, 0.2) is 9.84 Å². The van der Waals surface area contributed by atoms with Crippen LogP contribution in [0.3, 0.4) is 0 Å². The van der Waals surface area contributed by atoms with Crippen LogP contribution >= 0.6 is 0 Å². The maximum Gasteiger partial charge on any atom is 0.325 e. The van der Waals surface area contributed by atoms with E-state index < -0.39 is 21.9 Å². The molecule has 5 nitrogen and oxygen atoms in total. The van der Waals surface area contributed by atoms with Crippen molar-refractivity contribution in [1.29, 1.82) is 0 Å². The highest BCUT2D eigenvalue weighted by Gasteiger charge is 2.53. The van der Waals surface area contributed by atoms with Gasteiger partial charge in [-0.1, -0.05) is 31.2 Å². The standard InChI is InChI=1S/C20H21FN2O3S/c1-2-14-6-8-17(9-7-14)23-19-13-27(25,26)12-18(19)22(20(23)24)11-15-4-3-5-16(21)10-15/h3-10,18-19H,2,11-13H2,1H3. The molecule has 142 valence electrons. The number of amides is 2. The number of anilines is 1. The van der Waals surface area contributed by atoms with Gasteiger partial charge in [-0.3, -0.25) is 4.90 Å². The molecule has 0 N–H and O–H groups in total. The zero-order valence-electron chi connectivity index (χ0n) is 15.0. The van der Waals surface area contributed by atoms with E-state index in [1.807, 2.05) is 24.3 Å². The molecular weight excluding hydrogens is 367 g/mol. The third kappa shape index (κ3) is 3.32. The number of nitrogens with zero attached hydrogens (tertiary/aromatic N) is 2. The number of carbonyl (C=O) groups excluding carboxylic acids is 1. The molecule has 2 aliphatic rings. The third-order valence-corrected chi connectivity index (χ3v) is 7.04. The highest BCUT2D eigenvalue weighted by Crippen LogP contribution is 2.36. The largest absolute Gasteiger partial charge is 0.325 e. The van der Waals surface area contributed by atoms with Gasteiger partial charge < -0.3 is 4.90 Å². The zero-order chi connectivity index (χ0) is 19.2. The first-order chi connectivity index (χ1) is 12.9. The van der Waals surface area contributed by atoms with Crippen LogP contribution in [0.25, 0.3) is 0 Å². The number of hydrogen-bond donors (Lipinski definition) is 0. The van der Waals surface area contributed by atoms with E-state index in [4.69, 9.17) is 0 Å². The van der Waals surface area contributed by atoms with Crippen LogP contribution in [0.15, 0.2) is 48.5 Å². The van der Waals surface area contributed by atoms with Crippen molar-refractivity contribution < 1.29 is 17.6 Å². The molecule has 2 aromatic rings. The first kappa shape index (κ1) is 18.0. The minimum Gasteiger partial charge on any atom is -0.314 e. The van der Waals surface area contributed by atoms with Crippen molar-refractivity contribution in [3.05, 3.63) is 65.5 Å². The number of sulfone groups is 1. The van der Waals surface area contributed by atoms with Gasteiger partial charge in [0.05, 0.1) is 23.6 Å². The Balaban J connectivity index is 1.69. The molecule has 2 amide bonds. The second-order valence-corrected chi connectivity index (χ2v) is 9.30. The van der Waals surface area contributed by atoms with E-state index >= 15 is 0 Å². The summed E-state index contributed by atoms with van der Waals surface area (Å²) in [7, 11) is -3.23.